The maximum atomic E-state index is 5.36. The molecule has 1 N–H and O–H groups in total. The fraction of sp³-hybridized carbons (Fsp3) is 0.389. The van der Waals surface area contributed by atoms with E-state index in [4.69, 9.17) is 6.42 Å². The van der Waals surface area contributed by atoms with Gasteiger partial charge in [-0.05, 0) is 17.7 Å². The molecule has 21 heavy (non-hydrogen) atoms. The lowest BCUT2D eigenvalue weighted by atomic mass is 9.89. The van der Waals surface area contributed by atoms with Crippen molar-refractivity contribution in [2.24, 2.45) is 7.05 Å². The van der Waals surface area contributed by atoms with Crippen LogP contribution in [0, 0.1) is 12.3 Å². The zero-order chi connectivity index (χ0) is 15.5. The number of aryl methyl sites for hydroxylation is 1. The molecule has 110 valence electrons. The highest BCUT2D eigenvalue weighted by atomic mass is 15.3. The van der Waals surface area contributed by atoms with E-state index in [-0.39, 0.29) is 5.41 Å². The molecule has 0 atom stereocenters. The standard InChI is InChI=1S/C18H23N3/c1-6-14-7-9-15(10-8-14)11-19-12-16-13-21(5)20-17(16)18(2,3)4/h1,7-10,13,19H,11-12H2,2-5H3. The van der Waals surface area contributed by atoms with Gasteiger partial charge in [0.25, 0.3) is 0 Å². The Morgan fingerprint density at radius 3 is 2.43 bits per heavy atom. The van der Waals surface area contributed by atoms with Crippen molar-refractivity contribution in [3.63, 3.8) is 0 Å². The lowest BCUT2D eigenvalue weighted by Gasteiger charge is -2.17. The van der Waals surface area contributed by atoms with E-state index in [0.717, 1.165) is 24.3 Å². The van der Waals surface area contributed by atoms with Gasteiger partial charge in [-0.25, -0.2) is 0 Å². The number of hydrogen-bond acceptors (Lipinski definition) is 2. The van der Waals surface area contributed by atoms with Gasteiger partial charge in [0, 0.05) is 42.9 Å². The molecule has 1 aromatic carbocycles. The van der Waals surface area contributed by atoms with E-state index in [2.05, 4.69) is 55.4 Å². The maximum absolute atomic E-state index is 5.36. The van der Waals surface area contributed by atoms with E-state index in [0.29, 0.717) is 0 Å². The van der Waals surface area contributed by atoms with Crippen molar-refractivity contribution in [3.8, 4) is 12.3 Å². The third-order valence-corrected chi connectivity index (χ3v) is 3.38. The van der Waals surface area contributed by atoms with E-state index in [1.807, 2.05) is 23.9 Å². The van der Waals surface area contributed by atoms with Crippen LogP contribution in [-0.2, 0) is 25.6 Å². The second-order valence-electron chi connectivity index (χ2n) is 6.37. The minimum absolute atomic E-state index is 0.0622. The van der Waals surface area contributed by atoms with E-state index in [1.54, 1.807) is 0 Å². The van der Waals surface area contributed by atoms with Crippen LogP contribution in [0.5, 0.6) is 0 Å². The summed E-state index contributed by atoms with van der Waals surface area (Å²) in [5.74, 6) is 2.63. The van der Waals surface area contributed by atoms with Crippen molar-refractivity contribution >= 4 is 0 Å². The van der Waals surface area contributed by atoms with Gasteiger partial charge >= 0.3 is 0 Å². The molecule has 0 aliphatic carbocycles. The fourth-order valence-electron chi connectivity index (χ4n) is 2.36. The molecule has 2 aromatic rings. The Morgan fingerprint density at radius 2 is 1.86 bits per heavy atom. The summed E-state index contributed by atoms with van der Waals surface area (Å²) >= 11 is 0. The third-order valence-electron chi connectivity index (χ3n) is 3.38. The Morgan fingerprint density at radius 1 is 1.19 bits per heavy atom. The highest BCUT2D eigenvalue weighted by Crippen LogP contribution is 2.24. The van der Waals surface area contributed by atoms with Gasteiger partial charge in [0.1, 0.15) is 0 Å². The Labute approximate surface area is 127 Å². The predicted molar refractivity (Wildman–Crippen MR) is 86.8 cm³/mol. The number of aromatic nitrogens is 2. The molecule has 0 amide bonds. The molecule has 0 saturated heterocycles. The van der Waals surface area contributed by atoms with Gasteiger partial charge < -0.3 is 5.32 Å². The topological polar surface area (TPSA) is 29.9 Å². The van der Waals surface area contributed by atoms with Gasteiger partial charge in [-0.1, -0.05) is 38.8 Å². The van der Waals surface area contributed by atoms with E-state index in [9.17, 15) is 0 Å². The van der Waals surface area contributed by atoms with Gasteiger partial charge in [-0.2, -0.15) is 5.10 Å². The highest BCUT2D eigenvalue weighted by molar-refractivity contribution is 5.34. The van der Waals surface area contributed by atoms with Crippen molar-refractivity contribution in [2.75, 3.05) is 0 Å². The van der Waals surface area contributed by atoms with Crippen LogP contribution in [0.3, 0.4) is 0 Å². The summed E-state index contributed by atoms with van der Waals surface area (Å²) in [5, 5.41) is 8.06. The number of hydrogen-bond donors (Lipinski definition) is 1. The first-order chi connectivity index (χ1) is 9.90. The highest BCUT2D eigenvalue weighted by Gasteiger charge is 2.21. The largest absolute Gasteiger partial charge is 0.308 e. The molecular formula is C18H23N3. The van der Waals surface area contributed by atoms with Gasteiger partial charge in [0.2, 0.25) is 0 Å². The molecular weight excluding hydrogens is 258 g/mol. The zero-order valence-electron chi connectivity index (χ0n) is 13.3. The molecule has 0 fully saturated rings. The molecule has 0 aliphatic rings. The summed E-state index contributed by atoms with van der Waals surface area (Å²) in [5.41, 5.74) is 4.62. The first kappa shape index (κ1) is 15.3. The van der Waals surface area contributed by atoms with Crippen molar-refractivity contribution < 1.29 is 0 Å². The molecule has 1 aromatic heterocycles. The molecule has 0 bridgehead atoms. The second-order valence-corrected chi connectivity index (χ2v) is 6.37. The number of rotatable bonds is 4. The number of terminal acetylenes is 1. The molecule has 3 nitrogen and oxygen atoms in total. The summed E-state index contributed by atoms with van der Waals surface area (Å²) in [6, 6.07) is 8.08. The Bertz CT molecular complexity index is 637. The summed E-state index contributed by atoms with van der Waals surface area (Å²) < 4.78 is 1.89. The first-order valence-corrected chi connectivity index (χ1v) is 7.19. The van der Waals surface area contributed by atoms with Gasteiger partial charge in [0.15, 0.2) is 0 Å². The van der Waals surface area contributed by atoms with Crippen LogP contribution in [0.2, 0.25) is 0 Å². The van der Waals surface area contributed by atoms with E-state index >= 15 is 0 Å². The van der Waals surface area contributed by atoms with Crippen LogP contribution in [-0.4, -0.2) is 9.78 Å². The normalized spacial score (nSPS) is 11.4. The van der Waals surface area contributed by atoms with Crippen LogP contribution in [0.15, 0.2) is 30.5 Å². The molecule has 3 heteroatoms. The Kier molecular flexibility index (Phi) is 4.50. The molecule has 0 aliphatic heterocycles. The Balaban J connectivity index is 1.99. The summed E-state index contributed by atoms with van der Waals surface area (Å²) in [6.45, 7) is 8.22. The van der Waals surface area contributed by atoms with Crippen molar-refractivity contribution in [3.05, 3.63) is 52.8 Å². The third kappa shape index (κ3) is 3.96. The molecule has 0 saturated carbocycles. The first-order valence-electron chi connectivity index (χ1n) is 7.19. The maximum Gasteiger partial charge on any atom is 0.0722 e. The van der Waals surface area contributed by atoms with Crippen molar-refractivity contribution in [2.45, 2.75) is 39.3 Å². The average molecular weight is 281 g/mol. The molecule has 1 heterocycles. The van der Waals surface area contributed by atoms with Crippen LogP contribution in [0.1, 0.15) is 43.2 Å². The van der Waals surface area contributed by atoms with E-state index < -0.39 is 0 Å². The van der Waals surface area contributed by atoms with E-state index in [1.165, 1.54) is 11.1 Å². The van der Waals surface area contributed by atoms with Crippen LogP contribution >= 0.6 is 0 Å². The second kappa shape index (κ2) is 6.15. The summed E-state index contributed by atoms with van der Waals surface area (Å²) in [6.07, 6.45) is 7.45. The minimum atomic E-state index is 0.0622. The predicted octanol–water partition coefficient (Wildman–Crippen LogP) is 2.99. The van der Waals surface area contributed by atoms with Crippen LogP contribution in [0.25, 0.3) is 0 Å². The van der Waals surface area contributed by atoms with Crippen LogP contribution < -0.4 is 5.32 Å². The monoisotopic (exact) mass is 281 g/mol. The Hall–Kier alpha value is -2.05. The molecule has 0 radical (unpaired) electrons. The van der Waals surface area contributed by atoms with Gasteiger partial charge in [0.05, 0.1) is 5.69 Å². The SMILES string of the molecule is C#Cc1ccc(CNCc2cn(C)nc2C(C)(C)C)cc1. The zero-order valence-corrected chi connectivity index (χ0v) is 13.3. The van der Waals surface area contributed by atoms with Crippen molar-refractivity contribution in [1.82, 2.24) is 15.1 Å². The molecule has 0 spiro atoms. The number of benzene rings is 1. The van der Waals surface area contributed by atoms with Gasteiger partial charge in [-0.15, -0.1) is 6.42 Å². The smallest absolute Gasteiger partial charge is 0.0722 e. The molecule has 2 rings (SSSR count). The number of nitrogens with zero attached hydrogens (tertiary/aromatic N) is 2. The lowest BCUT2D eigenvalue weighted by molar-refractivity contribution is 0.543. The van der Waals surface area contributed by atoms with Crippen molar-refractivity contribution in [1.29, 1.82) is 0 Å². The summed E-state index contributed by atoms with van der Waals surface area (Å²) in [7, 11) is 1.97. The lowest BCUT2D eigenvalue weighted by Crippen LogP contribution is -2.19. The molecule has 0 unspecified atom stereocenters. The fourth-order valence-corrected chi connectivity index (χ4v) is 2.36. The van der Waals surface area contributed by atoms with Crippen LogP contribution in [0.4, 0.5) is 0 Å². The number of nitrogens with one attached hydrogen (secondary N) is 1. The quantitative estimate of drug-likeness (QED) is 0.873. The van der Waals surface area contributed by atoms with Gasteiger partial charge in [-0.3, -0.25) is 4.68 Å². The minimum Gasteiger partial charge on any atom is -0.308 e. The summed E-state index contributed by atoms with van der Waals surface area (Å²) in [4.78, 5) is 0. The average Bonchev–Trinajstić information content (AvgIpc) is 2.81.